The van der Waals surface area contributed by atoms with Crippen molar-refractivity contribution in [3.63, 3.8) is 0 Å². The lowest BCUT2D eigenvalue weighted by atomic mass is 10.1. The van der Waals surface area contributed by atoms with E-state index in [-0.39, 0.29) is 5.75 Å². The lowest BCUT2D eigenvalue weighted by molar-refractivity contribution is -0.0504. The quantitative estimate of drug-likeness (QED) is 0.292. The lowest BCUT2D eigenvalue weighted by Gasteiger charge is -2.09. The minimum Gasteiger partial charge on any atom is -0.435 e. The van der Waals surface area contributed by atoms with E-state index in [9.17, 15) is 8.78 Å². The zero-order chi connectivity index (χ0) is 19.7. The topological polar surface area (TPSA) is 46.0 Å². The van der Waals surface area contributed by atoms with Gasteiger partial charge in [0.25, 0.3) is 0 Å². The van der Waals surface area contributed by atoms with Crippen LogP contribution in [0.2, 0.25) is 10.2 Å². The number of pyridine rings is 1. The van der Waals surface area contributed by atoms with Gasteiger partial charge in [0.15, 0.2) is 0 Å². The van der Waals surface area contributed by atoms with Crippen LogP contribution in [0.4, 0.5) is 8.78 Å². The fourth-order valence-electron chi connectivity index (χ4n) is 2.13. The normalized spacial score (nSPS) is 10.3. The molecule has 0 spiro atoms. The van der Waals surface area contributed by atoms with Gasteiger partial charge in [0.2, 0.25) is 0 Å². The summed E-state index contributed by atoms with van der Waals surface area (Å²) in [7, 11) is 0. The minimum absolute atomic E-state index is 0.214. The summed E-state index contributed by atoms with van der Waals surface area (Å²) >= 11 is 14.6. The van der Waals surface area contributed by atoms with Crippen LogP contribution in [-0.4, -0.2) is 22.6 Å². The van der Waals surface area contributed by atoms with Crippen LogP contribution in [0, 0.1) is 12.3 Å². The monoisotopic (exact) mass is 466 g/mol. The highest BCUT2D eigenvalue weighted by molar-refractivity contribution is 9.09. The van der Waals surface area contributed by atoms with Gasteiger partial charge in [-0.1, -0.05) is 52.5 Å². The molecule has 1 heterocycles. The molecule has 0 atom stereocenters. The molecule has 2 aromatic rings. The van der Waals surface area contributed by atoms with Gasteiger partial charge >= 0.3 is 6.61 Å². The molecule has 0 radical (unpaired) electrons. The Balaban J connectivity index is 0.000000263. The number of hydrogen-bond acceptors (Lipinski definition) is 3. The van der Waals surface area contributed by atoms with Gasteiger partial charge in [0.1, 0.15) is 10.9 Å². The van der Waals surface area contributed by atoms with Gasteiger partial charge in [-0.15, -0.1) is 0 Å². The Kier molecular flexibility index (Phi) is 10.1. The number of nitrogens with one attached hydrogen (secondary N) is 1. The zero-order valence-electron chi connectivity index (χ0n) is 14.3. The predicted octanol–water partition coefficient (Wildman–Crippen LogP) is 6.70. The molecule has 26 heavy (non-hydrogen) atoms. The molecule has 3 nitrogen and oxygen atoms in total. The van der Waals surface area contributed by atoms with Crippen molar-refractivity contribution in [3.8, 4) is 5.75 Å². The Morgan fingerprint density at radius 3 is 2.54 bits per heavy atom. The van der Waals surface area contributed by atoms with Crippen LogP contribution < -0.4 is 4.74 Å². The number of benzene rings is 1. The van der Waals surface area contributed by atoms with Crippen molar-refractivity contribution in [3.05, 3.63) is 57.3 Å². The number of ether oxygens (including phenoxy) is 1. The van der Waals surface area contributed by atoms with Crippen LogP contribution in [0.25, 0.3) is 0 Å². The summed E-state index contributed by atoms with van der Waals surface area (Å²) in [6, 6.07) is 6.43. The van der Waals surface area contributed by atoms with Crippen molar-refractivity contribution in [2.24, 2.45) is 0 Å². The van der Waals surface area contributed by atoms with Gasteiger partial charge in [-0.25, -0.2) is 4.98 Å². The highest BCUT2D eigenvalue weighted by Gasteiger charge is 2.09. The van der Waals surface area contributed by atoms with Crippen molar-refractivity contribution >= 4 is 44.8 Å². The first-order valence-corrected chi connectivity index (χ1v) is 9.65. The summed E-state index contributed by atoms with van der Waals surface area (Å²) in [6.07, 6.45) is 3.17. The molecular weight excluding hydrogens is 449 g/mol. The highest BCUT2D eigenvalue weighted by Crippen LogP contribution is 2.25. The first-order chi connectivity index (χ1) is 12.3. The van der Waals surface area contributed by atoms with E-state index in [1.54, 1.807) is 24.4 Å². The summed E-state index contributed by atoms with van der Waals surface area (Å²) in [5.74, 6) is 0.214. The summed E-state index contributed by atoms with van der Waals surface area (Å²) in [5.41, 5.74) is 3.08. The maximum atomic E-state index is 12.0. The highest BCUT2D eigenvalue weighted by atomic mass is 79.9. The minimum atomic E-state index is -2.79. The van der Waals surface area contributed by atoms with Crippen LogP contribution in [0.15, 0.2) is 30.5 Å². The SMILES string of the molecule is CCCc1cc(Cl)ccc1OC(F)F.Cc1cc(Cl)ncc1C(=N)CBr. The Bertz CT molecular complexity index is 745. The maximum Gasteiger partial charge on any atom is 0.387 e. The third-order valence-corrected chi connectivity index (χ3v) is 4.30. The number of halogens is 5. The lowest BCUT2D eigenvalue weighted by Crippen LogP contribution is -2.04. The Morgan fingerprint density at radius 1 is 1.31 bits per heavy atom. The number of aryl methyl sites for hydroxylation is 2. The molecule has 0 amide bonds. The van der Waals surface area contributed by atoms with Gasteiger partial charge in [-0.05, 0) is 48.7 Å². The summed E-state index contributed by atoms with van der Waals surface area (Å²) in [6.45, 7) is 1.10. The van der Waals surface area contributed by atoms with E-state index in [1.807, 2.05) is 13.8 Å². The summed E-state index contributed by atoms with van der Waals surface area (Å²) < 4.78 is 28.3. The number of alkyl halides is 3. The molecule has 0 fully saturated rings. The molecule has 0 aliphatic rings. The largest absolute Gasteiger partial charge is 0.435 e. The van der Waals surface area contributed by atoms with Crippen LogP contribution in [-0.2, 0) is 6.42 Å². The molecule has 142 valence electrons. The van der Waals surface area contributed by atoms with Crippen molar-refractivity contribution in [2.45, 2.75) is 33.3 Å². The Morgan fingerprint density at radius 2 is 2.00 bits per heavy atom. The van der Waals surface area contributed by atoms with Crippen LogP contribution in [0.3, 0.4) is 0 Å². The van der Waals surface area contributed by atoms with E-state index in [0.29, 0.717) is 27.6 Å². The number of rotatable bonds is 6. The van der Waals surface area contributed by atoms with Crippen molar-refractivity contribution < 1.29 is 13.5 Å². The average Bonchev–Trinajstić information content (AvgIpc) is 2.57. The van der Waals surface area contributed by atoms with Gasteiger partial charge in [-0.2, -0.15) is 8.78 Å². The third-order valence-electron chi connectivity index (χ3n) is 3.29. The van der Waals surface area contributed by atoms with E-state index in [2.05, 4.69) is 25.7 Å². The number of hydrogen-bond donors (Lipinski definition) is 1. The fraction of sp³-hybridized carbons (Fsp3) is 0.333. The summed E-state index contributed by atoms with van der Waals surface area (Å²) in [5, 5.41) is 9.11. The second-order valence-corrected chi connectivity index (χ2v) is 6.70. The molecule has 0 aliphatic heterocycles. The summed E-state index contributed by atoms with van der Waals surface area (Å²) in [4.78, 5) is 3.91. The molecule has 0 unspecified atom stereocenters. The molecule has 0 aliphatic carbocycles. The van der Waals surface area contributed by atoms with Gasteiger partial charge in [0.05, 0.1) is 5.71 Å². The van der Waals surface area contributed by atoms with Crippen molar-refractivity contribution in [1.29, 1.82) is 5.41 Å². The molecule has 2 rings (SSSR count). The molecule has 0 saturated carbocycles. The second-order valence-electron chi connectivity index (χ2n) is 5.31. The first kappa shape index (κ1) is 22.8. The van der Waals surface area contributed by atoms with E-state index < -0.39 is 6.61 Å². The predicted molar refractivity (Wildman–Crippen MR) is 107 cm³/mol. The van der Waals surface area contributed by atoms with Gasteiger partial charge < -0.3 is 10.1 Å². The van der Waals surface area contributed by atoms with E-state index >= 15 is 0 Å². The fourth-order valence-corrected chi connectivity index (χ4v) is 2.84. The Labute approximate surface area is 170 Å². The number of aromatic nitrogens is 1. The molecule has 1 aromatic heterocycles. The van der Waals surface area contributed by atoms with E-state index in [0.717, 1.165) is 23.1 Å². The molecule has 1 N–H and O–H groups in total. The molecule has 1 aromatic carbocycles. The maximum absolute atomic E-state index is 12.0. The average molecular weight is 468 g/mol. The van der Waals surface area contributed by atoms with Crippen molar-refractivity contribution in [1.82, 2.24) is 4.98 Å². The molecular formula is C18H19BrCl2F2N2O. The molecule has 0 saturated heterocycles. The molecule has 8 heteroatoms. The third kappa shape index (κ3) is 7.56. The van der Waals surface area contributed by atoms with Gasteiger partial charge in [-0.3, -0.25) is 0 Å². The van der Waals surface area contributed by atoms with Gasteiger partial charge in [0, 0.05) is 22.1 Å². The zero-order valence-corrected chi connectivity index (χ0v) is 17.4. The van der Waals surface area contributed by atoms with Crippen LogP contribution >= 0.6 is 39.1 Å². The molecule has 0 bridgehead atoms. The second kappa shape index (κ2) is 11.5. The Hall–Kier alpha value is -1.24. The smallest absolute Gasteiger partial charge is 0.387 e. The van der Waals surface area contributed by atoms with Crippen LogP contribution in [0.5, 0.6) is 5.75 Å². The van der Waals surface area contributed by atoms with E-state index in [1.165, 1.54) is 6.07 Å². The standard InChI is InChI=1S/C10H11ClF2O.C8H8BrClN2/c1-2-3-7-6-8(11)4-5-9(7)14-10(12)13;1-5-2-8(10)12-4-6(5)7(11)3-9/h4-6,10H,2-3H2,1H3;2,4,11H,3H2,1H3. The van der Waals surface area contributed by atoms with E-state index in [4.69, 9.17) is 28.6 Å². The van der Waals surface area contributed by atoms with Crippen molar-refractivity contribution in [2.75, 3.05) is 5.33 Å². The number of nitrogens with zero attached hydrogens (tertiary/aromatic N) is 1. The van der Waals surface area contributed by atoms with Crippen LogP contribution in [0.1, 0.15) is 30.0 Å². The first-order valence-electron chi connectivity index (χ1n) is 7.77.